The summed E-state index contributed by atoms with van der Waals surface area (Å²) in [5, 5.41) is 18.5. The first-order valence-corrected chi connectivity index (χ1v) is 6.35. The number of aryl methyl sites for hydroxylation is 3. The van der Waals surface area contributed by atoms with E-state index in [1.165, 1.54) is 0 Å². The van der Waals surface area contributed by atoms with Crippen molar-refractivity contribution in [2.45, 2.75) is 34.6 Å². The van der Waals surface area contributed by atoms with Gasteiger partial charge in [0.15, 0.2) is 0 Å². The fourth-order valence-corrected chi connectivity index (χ4v) is 1.67. The molecule has 19 heavy (non-hydrogen) atoms. The molecule has 0 amide bonds. The maximum Gasteiger partial charge on any atom is 0.121 e. The van der Waals surface area contributed by atoms with Gasteiger partial charge in [-0.2, -0.15) is 0 Å². The van der Waals surface area contributed by atoms with Crippen LogP contribution >= 0.6 is 0 Å². The number of phenolic OH excluding ortho intramolecular Hbond substituents is 2. The maximum absolute atomic E-state index is 9.39. The molecule has 0 radical (unpaired) electrons. The van der Waals surface area contributed by atoms with Crippen molar-refractivity contribution >= 4 is 0 Å². The Morgan fingerprint density at radius 3 is 1.63 bits per heavy atom. The molecule has 0 heterocycles. The lowest BCUT2D eigenvalue weighted by molar-refractivity contribution is 0.466. The van der Waals surface area contributed by atoms with Gasteiger partial charge >= 0.3 is 0 Å². The minimum Gasteiger partial charge on any atom is -0.508 e. The smallest absolute Gasteiger partial charge is 0.121 e. The summed E-state index contributed by atoms with van der Waals surface area (Å²) in [6, 6.07) is 9.47. The Kier molecular flexibility index (Phi) is 4.99. The molecule has 2 heteroatoms. The van der Waals surface area contributed by atoms with Gasteiger partial charge in [-0.05, 0) is 68.5 Å². The third-order valence-corrected chi connectivity index (χ3v) is 3.48. The van der Waals surface area contributed by atoms with E-state index in [-0.39, 0.29) is 0 Å². The van der Waals surface area contributed by atoms with Gasteiger partial charge in [0.2, 0.25) is 0 Å². The summed E-state index contributed by atoms with van der Waals surface area (Å²) in [6.45, 7) is 9.72. The number of benzene rings is 2. The highest BCUT2D eigenvalue weighted by Crippen LogP contribution is 2.23. The van der Waals surface area contributed by atoms with Crippen LogP contribution in [0.1, 0.15) is 27.8 Å². The molecule has 0 aromatic heterocycles. The van der Waals surface area contributed by atoms with Gasteiger partial charge in [0, 0.05) is 0 Å². The lowest BCUT2D eigenvalue weighted by Gasteiger charge is -2.04. The maximum atomic E-state index is 9.39. The van der Waals surface area contributed by atoms with Gasteiger partial charge in [0.25, 0.3) is 0 Å². The standard InChI is InChI=1S/C9H12O.C8H10O/c1-6-4-5-7(2)9(10)8(6)3;1-6-4-3-5-8(9)7(6)2/h4-5,10H,1-3H3;3-5,9H,1-2H3. The average molecular weight is 258 g/mol. The Bertz CT molecular complexity index is 524. The molecule has 0 aliphatic heterocycles. The van der Waals surface area contributed by atoms with E-state index in [1.807, 2.05) is 58.9 Å². The number of hydrogen-bond donors (Lipinski definition) is 2. The summed E-state index contributed by atoms with van der Waals surface area (Å²) < 4.78 is 0. The molecule has 102 valence electrons. The van der Waals surface area contributed by atoms with Crippen LogP contribution in [0.25, 0.3) is 0 Å². The van der Waals surface area contributed by atoms with Gasteiger partial charge in [-0.3, -0.25) is 0 Å². The zero-order valence-electron chi connectivity index (χ0n) is 12.3. The van der Waals surface area contributed by atoms with Crippen molar-refractivity contribution in [3.8, 4) is 11.5 Å². The lowest BCUT2D eigenvalue weighted by Crippen LogP contribution is -1.83. The minimum atomic E-state index is 0.384. The molecular weight excluding hydrogens is 236 g/mol. The topological polar surface area (TPSA) is 40.5 Å². The third kappa shape index (κ3) is 3.75. The van der Waals surface area contributed by atoms with Crippen LogP contribution in [0.4, 0.5) is 0 Å². The molecule has 0 atom stereocenters. The van der Waals surface area contributed by atoms with Crippen molar-refractivity contribution in [3.05, 3.63) is 58.1 Å². The quantitative estimate of drug-likeness (QED) is 0.738. The molecule has 2 aromatic carbocycles. The van der Waals surface area contributed by atoms with Crippen molar-refractivity contribution < 1.29 is 10.2 Å². The van der Waals surface area contributed by atoms with E-state index in [0.29, 0.717) is 11.5 Å². The van der Waals surface area contributed by atoms with Gasteiger partial charge in [-0.1, -0.05) is 24.3 Å². The van der Waals surface area contributed by atoms with Crippen molar-refractivity contribution in [2.24, 2.45) is 0 Å². The van der Waals surface area contributed by atoms with E-state index in [0.717, 1.165) is 27.8 Å². The number of hydrogen-bond acceptors (Lipinski definition) is 2. The Labute approximate surface area is 115 Å². The summed E-state index contributed by atoms with van der Waals surface area (Å²) in [4.78, 5) is 0. The molecule has 2 aromatic rings. The summed E-state index contributed by atoms with van der Waals surface area (Å²) in [5.41, 5.74) is 5.18. The molecule has 0 fully saturated rings. The van der Waals surface area contributed by atoms with Crippen LogP contribution in [-0.2, 0) is 0 Å². The zero-order chi connectivity index (χ0) is 14.6. The fraction of sp³-hybridized carbons (Fsp3) is 0.294. The van der Waals surface area contributed by atoms with Crippen LogP contribution in [0.5, 0.6) is 11.5 Å². The molecule has 0 aliphatic rings. The minimum absolute atomic E-state index is 0.384. The molecule has 0 saturated heterocycles. The predicted molar refractivity (Wildman–Crippen MR) is 79.9 cm³/mol. The lowest BCUT2D eigenvalue weighted by atomic mass is 10.1. The molecular formula is C17H22O2. The monoisotopic (exact) mass is 258 g/mol. The molecule has 0 spiro atoms. The first kappa shape index (κ1) is 15.1. The van der Waals surface area contributed by atoms with Crippen LogP contribution in [0.2, 0.25) is 0 Å². The van der Waals surface area contributed by atoms with Gasteiger partial charge in [-0.25, -0.2) is 0 Å². The number of rotatable bonds is 0. The first-order valence-electron chi connectivity index (χ1n) is 6.35. The third-order valence-electron chi connectivity index (χ3n) is 3.48. The van der Waals surface area contributed by atoms with Crippen molar-refractivity contribution in [3.63, 3.8) is 0 Å². The van der Waals surface area contributed by atoms with Gasteiger partial charge in [-0.15, -0.1) is 0 Å². The molecule has 0 bridgehead atoms. The van der Waals surface area contributed by atoms with E-state index in [4.69, 9.17) is 5.11 Å². The molecule has 0 unspecified atom stereocenters. The highest BCUT2D eigenvalue weighted by molar-refractivity contribution is 5.43. The van der Waals surface area contributed by atoms with E-state index >= 15 is 0 Å². The average Bonchev–Trinajstić information content (AvgIpc) is 2.39. The Morgan fingerprint density at radius 1 is 0.632 bits per heavy atom. The second-order valence-electron chi connectivity index (χ2n) is 4.89. The van der Waals surface area contributed by atoms with Gasteiger partial charge < -0.3 is 10.2 Å². The summed E-state index contributed by atoms with van der Waals surface area (Å²) >= 11 is 0. The Morgan fingerprint density at radius 2 is 1.16 bits per heavy atom. The van der Waals surface area contributed by atoms with Gasteiger partial charge in [0.1, 0.15) is 11.5 Å². The SMILES string of the molecule is Cc1ccc(C)c(O)c1C.Cc1cccc(O)c1C. The summed E-state index contributed by atoms with van der Waals surface area (Å²) in [6.07, 6.45) is 0. The second-order valence-corrected chi connectivity index (χ2v) is 4.89. The molecule has 0 saturated carbocycles. The van der Waals surface area contributed by atoms with Crippen molar-refractivity contribution in [1.29, 1.82) is 0 Å². The summed E-state index contributed by atoms with van der Waals surface area (Å²) in [5.74, 6) is 0.815. The van der Waals surface area contributed by atoms with Crippen molar-refractivity contribution in [2.75, 3.05) is 0 Å². The largest absolute Gasteiger partial charge is 0.508 e. The van der Waals surface area contributed by atoms with E-state index in [2.05, 4.69) is 0 Å². The van der Waals surface area contributed by atoms with Crippen molar-refractivity contribution in [1.82, 2.24) is 0 Å². The first-order chi connectivity index (χ1) is 8.84. The van der Waals surface area contributed by atoms with Crippen LogP contribution < -0.4 is 0 Å². The van der Waals surface area contributed by atoms with Crippen LogP contribution in [0, 0.1) is 34.6 Å². The van der Waals surface area contributed by atoms with Gasteiger partial charge in [0.05, 0.1) is 0 Å². The van der Waals surface area contributed by atoms with E-state index in [1.54, 1.807) is 6.07 Å². The van der Waals surface area contributed by atoms with E-state index < -0.39 is 0 Å². The zero-order valence-corrected chi connectivity index (χ0v) is 12.3. The van der Waals surface area contributed by atoms with Crippen LogP contribution in [0.15, 0.2) is 30.3 Å². The molecule has 2 nitrogen and oxygen atoms in total. The normalized spacial score (nSPS) is 9.74. The predicted octanol–water partition coefficient (Wildman–Crippen LogP) is 4.33. The number of aromatic hydroxyl groups is 2. The Hall–Kier alpha value is -1.96. The van der Waals surface area contributed by atoms with Crippen LogP contribution in [-0.4, -0.2) is 10.2 Å². The number of phenols is 2. The fourth-order valence-electron chi connectivity index (χ4n) is 1.67. The highest BCUT2D eigenvalue weighted by atomic mass is 16.3. The second kappa shape index (κ2) is 6.28. The van der Waals surface area contributed by atoms with E-state index in [9.17, 15) is 5.11 Å². The molecule has 2 N–H and O–H groups in total. The molecule has 2 rings (SSSR count). The summed E-state index contributed by atoms with van der Waals surface area (Å²) in [7, 11) is 0. The van der Waals surface area contributed by atoms with Crippen LogP contribution in [0.3, 0.4) is 0 Å². The molecule has 0 aliphatic carbocycles. The Balaban J connectivity index is 0.000000191. The highest BCUT2D eigenvalue weighted by Gasteiger charge is 2.00.